The summed E-state index contributed by atoms with van der Waals surface area (Å²) in [5, 5.41) is 4.55. The van der Waals surface area contributed by atoms with Crippen molar-refractivity contribution >= 4 is 35.0 Å². The molecule has 1 N–H and O–H groups in total. The summed E-state index contributed by atoms with van der Waals surface area (Å²) in [4.78, 5) is 0. The number of nitrogens with one attached hydrogen (secondary N) is 1. The van der Waals surface area contributed by atoms with Gasteiger partial charge in [0.25, 0.3) is 0 Å². The first kappa shape index (κ1) is 15.2. The zero-order chi connectivity index (χ0) is 12.8. The minimum Gasteiger partial charge on any atom is -0.312 e. The number of hydrogen-bond donors (Lipinski definition) is 1. The highest BCUT2D eigenvalue weighted by molar-refractivity contribution is 7.99. The van der Waals surface area contributed by atoms with Crippen molar-refractivity contribution in [1.29, 1.82) is 0 Å². The molecule has 0 saturated carbocycles. The Kier molecular flexibility index (Phi) is 6.71. The van der Waals surface area contributed by atoms with Crippen molar-refractivity contribution in [2.75, 3.05) is 18.6 Å². The fourth-order valence-corrected chi connectivity index (χ4v) is 3.01. The van der Waals surface area contributed by atoms with Crippen LogP contribution in [0.15, 0.2) is 18.2 Å². The molecule has 0 saturated heterocycles. The van der Waals surface area contributed by atoms with Crippen molar-refractivity contribution in [2.45, 2.75) is 19.9 Å². The predicted molar refractivity (Wildman–Crippen MR) is 80.4 cm³/mol. The van der Waals surface area contributed by atoms with E-state index in [0.29, 0.717) is 16.1 Å². The maximum Gasteiger partial charge on any atom is 0.0595 e. The Balaban J connectivity index is 2.62. The molecule has 0 amide bonds. The average Bonchev–Trinajstić information content (AvgIpc) is 2.28. The first-order valence-corrected chi connectivity index (χ1v) is 7.65. The molecule has 0 aliphatic carbocycles. The largest absolute Gasteiger partial charge is 0.312 e. The fraction of sp³-hybridized carbons (Fsp3) is 0.538. The molecule has 1 nitrogen and oxygen atoms in total. The van der Waals surface area contributed by atoms with Crippen LogP contribution in [0.2, 0.25) is 10.0 Å². The first-order chi connectivity index (χ1) is 8.04. The van der Waals surface area contributed by atoms with Gasteiger partial charge in [0.15, 0.2) is 0 Å². The Morgan fingerprint density at radius 2 is 1.88 bits per heavy atom. The molecule has 1 rings (SSSR count). The highest BCUT2D eigenvalue weighted by atomic mass is 35.5. The SMILES string of the molecule is CNC(CSCC(C)C)c1ccc(Cl)c(Cl)c1. The van der Waals surface area contributed by atoms with Crippen molar-refractivity contribution in [3.05, 3.63) is 33.8 Å². The third-order valence-corrected chi connectivity index (χ3v) is 4.64. The smallest absolute Gasteiger partial charge is 0.0595 e. The monoisotopic (exact) mass is 291 g/mol. The second-order valence-electron chi connectivity index (χ2n) is 4.45. The molecule has 0 aromatic heterocycles. The van der Waals surface area contributed by atoms with Crippen molar-refractivity contribution in [3.63, 3.8) is 0 Å². The van der Waals surface area contributed by atoms with E-state index in [9.17, 15) is 0 Å². The summed E-state index contributed by atoms with van der Waals surface area (Å²) in [7, 11) is 1.98. The van der Waals surface area contributed by atoms with E-state index >= 15 is 0 Å². The first-order valence-electron chi connectivity index (χ1n) is 5.74. The van der Waals surface area contributed by atoms with Gasteiger partial charge in [-0.05, 0) is 36.4 Å². The molecule has 0 heterocycles. The van der Waals surface area contributed by atoms with E-state index in [0.717, 1.165) is 11.7 Å². The van der Waals surface area contributed by atoms with Gasteiger partial charge in [0.1, 0.15) is 0 Å². The van der Waals surface area contributed by atoms with E-state index < -0.39 is 0 Å². The summed E-state index contributed by atoms with van der Waals surface area (Å²) >= 11 is 13.9. The van der Waals surface area contributed by atoms with Crippen LogP contribution in [-0.4, -0.2) is 18.6 Å². The van der Waals surface area contributed by atoms with Crippen molar-refractivity contribution < 1.29 is 0 Å². The quantitative estimate of drug-likeness (QED) is 0.819. The summed E-state index contributed by atoms with van der Waals surface area (Å²) in [5.74, 6) is 2.96. The van der Waals surface area contributed by atoms with Crippen LogP contribution in [0.5, 0.6) is 0 Å². The minimum atomic E-state index is 0.327. The van der Waals surface area contributed by atoms with E-state index in [1.54, 1.807) is 0 Å². The van der Waals surface area contributed by atoms with Crippen LogP contribution in [0.3, 0.4) is 0 Å². The zero-order valence-electron chi connectivity index (χ0n) is 10.5. The number of hydrogen-bond acceptors (Lipinski definition) is 2. The van der Waals surface area contributed by atoms with E-state index in [4.69, 9.17) is 23.2 Å². The van der Waals surface area contributed by atoms with Gasteiger partial charge in [0.05, 0.1) is 10.0 Å². The molecule has 0 aliphatic heterocycles. The molecule has 96 valence electrons. The zero-order valence-corrected chi connectivity index (χ0v) is 12.8. The summed E-state index contributed by atoms with van der Waals surface area (Å²) in [6.07, 6.45) is 0. The molecule has 4 heteroatoms. The summed E-state index contributed by atoms with van der Waals surface area (Å²) in [6, 6.07) is 6.16. The van der Waals surface area contributed by atoms with Crippen LogP contribution < -0.4 is 5.32 Å². The van der Waals surface area contributed by atoms with Crippen LogP contribution >= 0.6 is 35.0 Å². The van der Waals surface area contributed by atoms with Crippen LogP contribution in [0.1, 0.15) is 25.5 Å². The number of thioether (sulfide) groups is 1. The molecular formula is C13H19Cl2NS. The van der Waals surface area contributed by atoms with Gasteiger partial charge in [-0.25, -0.2) is 0 Å². The van der Waals surface area contributed by atoms with Gasteiger partial charge in [-0.1, -0.05) is 43.1 Å². The molecular weight excluding hydrogens is 273 g/mol. The third kappa shape index (κ3) is 5.09. The van der Waals surface area contributed by atoms with Gasteiger partial charge < -0.3 is 5.32 Å². The van der Waals surface area contributed by atoms with Crippen molar-refractivity contribution in [2.24, 2.45) is 5.92 Å². The Labute approximate surface area is 118 Å². The minimum absolute atomic E-state index is 0.327. The van der Waals surface area contributed by atoms with E-state index in [1.807, 2.05) is 37.0 Å². The predicted octanol–water partition coefficient (Wildman–Crippen LogP) is 4.64. The van der Waals surface area contributed by atoms with Gasteiger partial charge in [-0.2, -0.15) is 11.8 Å². The average molecular weight is 292 g/mol. The molecule has 1 aromatic rings. The Morgan fingerprint density at radius 1 is 1.18 bits per heavy atom. The molecule has 17 heavy (non-hydrogen) atoms. The molecule has 1 aromatic carbocycles. The van der Waals surface area contributed by atoms with Gasteiger partial charge >= 0.3 is 0 Å². The number of benzene rings is 1. The van der Waals surface area contributed by atoms with Crippen LogP contribution in [0.25, 0.3) is 0 Å². The maximum atomic E-state index is 6.03. The summed E-state index contributed by atoms with van der Waals surface area (Å²) in [5.41, 5.74) is 1.19. The summed E-state index contributed by atoms with van der Waals surface area (Å²) in [6.45, 7) is 4.47. The standard InChI is InChI=1S/C13H19Cl2NS/c1-9(2)7-17-8-13(16-3)10-4-5-11(14)12(15)6-10/h4-6,9,13,16H,7-8H2,1-3H3. The molecule has 1 unspecified atom stereocenters. The fourth-order valence-electron chi connectivity index (χ4n) is 1.50. The Hall–Kier alpha value is 0.110. The van der Waals surface area contributed by atoms with Gasteiger partial charge in [0, 0.05) is 11.8 Å². The highest BCUT2D eigenvalue weighted by Gasteiger charge is 2.11. The molecule has 0 bridgehead atoms. The summed E-state index contributed by atoms with van der Waals surface area (Å²) < 4.78 is 0. The molecule has 0 aliphatic rings. The normalized spacial score (nSPS) is 13.1. The van der Waals surface area contributed by atoms with Crippen molar-refractivity contribution in [1.82, 2.24) is 5.32 Å². The van der Waals surface area contributed by atoms with Crippen LogP contribution in [0, 0.1) is 5.92 Å². The lowest BCUT2D eigenvalue weighted by atomic mass is 10.1. The second-order valence-corrected chi connectivity index (χ2v) is 6.34. The number of halogens is 2. The van der Waals surface area contributed by atoms with Gasteiger partial charge in [-0.15, -0.1) is 0 Å². The number of rotatable bonds is 6. The lowest BCUT2D eigenvalue weighted by Gasteiger charge is -2.17. The van der Waals surface area contributed by atoms with E-state index in [1.165, 1.54) is 11.3 Å². The van der Waals surface area contributed by atoms with Crippen molar-refractivity contribution in [3.8, 4) is 0 Å². The topological polar surface area (TPSA) is 12.0 Å². The molecule has 1 atom stereocenters. The molecule has 0 radical (unpaired) electrons. The van der Waals surface area contributed by atoms with Gasteiger partial charge in [0.2, 0.25) is 0 Å². The highest BCUT2D eigenvalue weighted by Crippen LogP contribution is 2.27. The van der Waals surface area contributed by atoms with E-state index in [2.05, 4.69) is 19.2 Å². The lowest BCUT2D eigenvalue weighted by molar-refractivity contribution is 0.659. The van der Waals surface area contributed by atoms with Crippen LogP contribution in [-0.2, 0) is 0 Å². The molecule has 0 fully saturated rings. The van der Waals surface area contributed by atoms with Gasteiger partial charge in [-0.3, -0.25) is 0 Å². The van der Waals surface area contributed by atoms with Crippen LogP contribution in [0.4, 0.5) is 0 Å². The second kappa shape index (κ2) is 7.52. The molecule has 0 spiro atoms. The maximum absolute atomic E-state index is 6.03. The lowest BCUT2D eigenvalue weighted by Crippen LogP contribution is -2.19. The Bertz CT molecular complexity index is 355. The van der Waals surface area contributed by atoms with E-state index in [-0.39, 0.29) is 0 Å². The Morgan fingerprint density at radius 3 is 2.41 bits per heavy atom. The third-order valence-electron chi connectivity index (χ3n) is 2.43.